The number of carbonyl (C=O) groups excluding carboxylic acids is 3. The monoisotopic (exact) mass is 362 g/mol. The van der Waals surface area contributed by atoms with Gasteiger partial charge in [-0.1, -0.05) is 38.1 Å². The van der Waals surface area contributed by atoms with Crippen molar-refractivity contribution < 1.29 is 14.4 Å². The van der Waals surface area contributed by atoms with E-state index >= 15 is 0 Å². The molecule has 138 valence electrons. The minimum absolute atomic E-state index is 0.149. The minimum atomic E-state index is -0.399. The van der Waals surface area contributed by atoms with Gasteiger partial charge in [-0.25, -0.2) is 0 Å². The van der Waals surface area contributed by atoms with Gasteiger partial charge >= 0.3 is 0 Å². The third kappa shape index (κ3) is 3.40. The van der Waals surface area contributed by atoms with Crippen molar-refractivity contribution in [2.75, 3.05) is 11.9 Å². The molecule has 0 unspecified atom stereocenters. The van der Waals surface area contributed by atoms with Crippen molar-refractivity contribution in [1.29, 1.82) is 0 Å². The molecule has 0 aromatic heterocycles. The van der Waals surface area contributed by atoms with Crippen LogP contribution in [0.1, 0.15) is 62.8 Å². The molecule has 3 rings (SSSR count). The summed E-state index contributed by atoms with van der Waals surface area (Å²) < 4.78 is 0. The first-order valence-corrected chi connectivity index (χ1v) is 8.99. The standard InChI is InChI=1S/C22H22N2O3/c1-4-12-24-21(26)17-11-10-15(13-18(17)22(24)27)20(25)23-19-9-7-6-8-16(19)14(3)5-2/h4,6-11,13-14H,1,5,12H2,2-3H3,(H,23,25)/t14-/m1/s1. The maximum atomic E-state index is 12.7. The van der Waals surface area contributed by atoms with Gasteiger partial charge in [0.1, 0.15) is 0 Å². The van der Waals surface area contributed by atoms with E-state index in [9.17, 15) is 14.4 Å². The van der Waals surface area contributed by atoms with Crippen LogP contribution in [0.3, 0.4) is 0 Å². The summed E-state index contributed by atoms with van der Waals surface area (Å²) in [4.78, 5) is 38.6. The number of hydrogen-bond donors (Lipinski definition) is 1. The molecule has 5 heteroatoms. The van der Waals surface area contributed by atoms with Gasteiger partial charge < -0.3 is 5.32 Å². The van der Waals surface area contributed by atoms with Gasteiger partial charge in [0.2, 0.25) is 0 Å². The number of hydrogen-bond acceptors (Lipinski definition) is 3. The molecule has 2 aromatic carbocycles. The van der Waals surface area contributed by atoms with Gasteiger partial charge in [-0.15, -0.1) is 6.58 Å². The Morgan fingerprint density at radius 2 is 1.85 bits per heavy atom. The molecule has 1 atom stereocenters. The smallest absolute Gasteiger partial charge is 0.261 e. The first-order valence-electron chi connectivity index (χ1n) is 8.99. The number of nitrogens with zero attached hydrogens (tertiary/aromatic N) is 1. The Morgan fingerprint density at radius 1 is 1.15 bits per heavy atom. The van der Waals surface area contributed by atoms with Crippen molar-refractivity contribution in [3.63, 3.8) is 0 Å². The van der Waals surface area contributed by atoms with Gasteiger partial charge in [-0.2, -0.15) is 0 Å². The molecule has 0 saturated carbocycles. The Morgan fingerprint density at radius 3 is 2.56 bits per heavy atom. The summed E-state index contributed by atoms with van der Waals surface area (Å²) in [5.41, 5.74) is 2.74. The lowest BCUT2D eigenvalue weighted by atomic mass is 9.96. The Kier molecular flexibility index (Phi) is 5.21. The average molecular weight is 362 g/mol. The molecular weight excluding hydrogens is 340 g/mol. The Labute approximate surface area is 158 Å². The number of imide groups is 1. The maximum absolute atomic E-state index is 12.7. The average Bonchev–Trinajstić information content (AvgIpc) is 2.92. The van der Waals surface area contributed by atoms with Gasteiger partial charge in [0.15, 0.2) is 0 Å². The number of anilines is 1. The van der Waals surface area contributed by atoms with Gasteiger partial charge in [-0.3, -0.25) is 19.3 Å². The van der Waals surface area contributed by atoms with E-state index in [0.717, 1.165) is 22.6 Å². The SMILES string of the molecule is C=CCN1C(=O)c2ccc(C(=O)Nc3ccccc3[C@H](C)CC)cc2C1=O. The van der Waals surface area contributed by atoms with E-state index in [-0.39, 0.29) is 23.9 Å². The number of amides is 3. The predicted molar refractivity (Wildman–Crippen MR) is 105 cm³/mol. The van der Waals surface area contributed by atoms with E-state index in [2.05, 4.69) is 25.7 Å². The Bertz CT molecular complexity index is 933. The van der Waals surface area contributed by atoms with Crippen LogP contribution < -0.4 is 5.32 Å². The first-order chi connectivity index (χ1) is 13.0. The first kappa shape index (κ1) is 18.6. The topological polar surface area (TPSA) is 66.5 Å². The van der Waals surface area contributed by atoms with E-state index in [0.29, 0.717) is 17.0 Å². The van der Waals surface area contributed by atoms with E-state index < -0.39 is 5.91 Å². The normalized spacial score (nSPS) is 14.1. The minimum Gasteiger partial charge on any atom is -0.322 e. The maximum Gasteiger partial charge on any atom is 0.261 e. The van der Waals surface area contributed by atoms with E-state index in [1.54, 1.807) is 6.07 Å². The third-order valence-electron chi connectivity index (χ3n) is 4.90. The molecule has 0 saturated heterocycles. The van der Waals surface area contributed by atoms with Gasteiger partial charge in [0, 0.05) is 17.8 Å². The zero-order chi connectivity index (χ0) is 19.6. The van der Waals surface area contributed by atoms with Crippen LogP contribution in [-0.4, -0.2) is 29.2 Å². The lowest BCUT2D eigenvalue weighted by Crippen LogP contribution is -2.29. The number of carbonyl (C=O) groups is 3. The number of nitrogens with one attached hydrogen (secondary N) is 1. The molecule has 2 aromatic rings. The van der Waals surface area contributed by atoms with Gasteiger partial charge in [-0.05, 0) is 42.2 Å². The summed E-state index contributed by atoms with van der Waals surface area (Å²) in [6, 6.07) is 12.3. The van der Waals surface area contributed by atoms with Crippen molar-refractivity contribution >= 4 is 23.4 Å². The fourth-order valence-corrected chi connectivity index (χ4v) is 3.18. The van der Waals surface area contributed by atoms with E-state index in [4.69, 9.17) is 0 Å². The highest BCUT2D eigenvalue weighted by atomic mass is 16.2. The predicted octanol–water partition coefficient (Wildman–Crippen LogP) is 4.23. The summed E-state index contributed by atoms with van der Waals surface area (Å²) >= 11 is 0. The molecule has 0 bridgehead atoms. The summed E-state index contributed by atoms with van der Waals surface area (Å²) in [5.74, 6) is -0.752. The van der Waals surface area contributed by atoms with Crippen LogP contribution in [0.15, 0.2) is 55.1 Å². The molecule has 0 spiro atoms. The Hall–Kier alpha value is -3.21. The number of rotatable bonds is 6. The second kappa shape index (κ2) is 7.58. The molecule has 0 aliphatic carbocycles. The summed E-state index contributed by atoms with van der Waals surface area (Å²) in [6.07, 6.45) is 2.46. The number of fused-ring (bicyclic) bond motifs is 1. The fourth-order valence-electron chi connectivity index (χ4n) is 3.18. The molecular formula is C22H22N2O3. The van der Waals surface area contributed by atoms with E-state index in [1.807, 2.05) is 24.3 Å². The lowest BCUT2D eigenvalue weighted by molar-refractivity contribution is 0.0672. The zero-order valence-electron chi connectivity index (χ0n) is 15.5. The molecule has 1 aliphatic rings. The van der Waals surface area contributed by atoms with Crippen molar-refractivity contribution in [2.45, 2.75) is 26.2 Å². The van der Waals surface area contributed by atoms with Gasteiger partial charge in [0.05, 0.1) is 11.1 Å². The molecule has 3 amide bonds. The molecule has 27 heavy (non-hydrogen) atoms. The highest BCUT2D eigenvalue weighted by Gasteiger charge is 2.35. The zero-order valence-corrected chi connectivity index (χ0v) is 15.5. The Balaban J connectivity index is 1.88. The highest BCUT2D eigenvalue weighted by molar-refractivity contribution is 6.22. The molecule has 5 nitrogen and oxygen atoms in total. The summed E-state index contributed by atoms with van der Waals surface area (Å²) in [5, 5.41) is 2.93. The van der Waals surface area contributed by atoms with Gasteiger partial charge in [0.25, 0.3) is 17.7 Å². The molecule has 1 N–H and O–H groups in total. The van der Waals surface area contributed by atoms with Crippen LogP contribution in [0.4, 0.5) is 5.69 Å². The number of para-hydroxylation sites is 1. The van der Waals surface area contributed by atoms with Crippen LogP contribution in [0.25, 0.3) is 0 Å². The third-order valence-corrected chi connectivity index (χ3v) is 4.90. The van der Waals surface area contributed by atoms with Crippen molar-refractivity contribution in [3.8, 4) is 0 Å². The quantitative estimate of drug-likeness (QED) is 0.617. The second-order valence-corrected chi connectivity index (χ2v) is 6.62. The summed E-state index contributed by atoms with van der Waals surface area (Å²) in [7, 11) is 0. The van der Waals surface area contributed by atoms with Crippen LogP contribution in [0.5, 0.6) is 0 Å². The number of benzene rings is 2. The highest BCUT2D eigenvalue weighted by Crippen LogP contribution is 2.28. The van der Waals surface area contributed by atoms with Crippen LogP contribution in [-0.2, 0) is 0 Å². The molecule has 0 radical (unpaired) electrons. The van der Waals surface area contributed by atoms with Crippen molar-refractivity contribution in [2.24, 2.45) is 0 Å². The van der Waals surface area contributed by atoms with Crippen LogP contribution in [0.2, 0.25) is 0 Å². The molecule has 0 fully saturated rings. The van der Waals surface area contributed by atoms with Crippen LogP contribution in [0, 0.1) is 0 Å². The van der Waals surface area contributed by atoms with Crippen LogP contribution >= 0.6 is 0 Å². The van der Waals surface area contributed by atoms with Crippen molar-refractivity contribution in [3.05, 3.63) is 77.4 Å². The second-order valence-electron chi connectivity index (χ2n) is 6.62. The van der Waals surface area contributed by atoms with E-state index in [1.165, 1.54) is 18.2 Å². The molecule has 1 aliphatic heterocycles. The summed E-state index contributed by atoms with van der Waals surface area (Å²) in [6.45, 7) is 7.93. The lowest BCUT2D eigenvalue weighted by Gasteiger charge is -2.15. The molecule has 1 heterocycles. The van der Waals surface area contributed by atoms with Crippen molar-refractivity contribution in [1.82, 2.24) is 4.90 Å². The largest absolute Gasteiger partial charge is 0.322 e. The fraction of sp³-hybridized carbons (Fsp3) is 0.227.